The van der Waals surface area contributed by atoms with E-state index < -0.39 is 58.6 Å². The Bertz CT molecular complexity index is 1580. The number of carbonyl (C=O) groups is 2. The van der Waals surface area contributed by atoms with Crippen LogP contribution in [0.5, 0.6) is 0 Å². The normalized spacial score (nSPS) is 45.8. The van der Waals surface area contributed by atoms with Crippen molar-refractivity contribution in [2.24, 2.45) is 34.2 Å². The summed E-state index contributed by atoms with van der Waals surface area (Å²) in [5, 5.41) is 27.4. The first-order chi connectivity index (χ1) is 26.1. The number of aliphatic hydroxyl groups excluding tert-OH is 1. The Hall–Kier alpha value is -2.35. The van der Waals surface area contributed by atoms with Crippen molar-refractivity contribution in [3.63, 3.8) is 0 Å². The number of hydrogen-bond acceptors (Lipinski definition) is 11. The van der Waals surface area contributed by atoms with E-state index in [1.54, 1.807) is 6.92 Å². The van der Waals surface area contributed by atoms with Gasteiger partial charge >= 0.3 is 5.97 Å². The average molecular weight is 770 g/mol. The zero-order valence-corrected chi connectivity index (χ0v) is 33.5. The number of hydrogen-bond donors (Lipinski definition) is 2. The lowest BCUT2D eigenvalue weighted by atomic mass is 9.57. The highest BCUT2D eigenvalue weighted by molar-refractivity contribution is 5.91. The zero-order valence-electron chi connectivity index (χ0n) is 33.5. The van der Waals surface area contributed by atoms with Crippen LogP contribution in [0.15, 0.2) is 28.9 Å². The third-order valence-corrected chi connectivity index (χ3v) is 14.7. The van der Waals surface area contributed by atoms with Crippen LogP contribution in [0.1, 0.15) is 130 Å². The second kappa shape index (κ2) is 15.4. The second-order valence-corrected chi connectivity index (χ2v) is 18.6. The third kappa shape index (κ3) is 7.57. The minimum absolute atomic E-state index is 0.00807. The van der Waals surface area contributed by atoms with E-state index in [9.17, 15) is 15.0 Å². The van der Waals surface area contributed by atoms with E-state index in [0.717, 1.165) is 18.4 Å². The van der Waals surface area contributed by atoms with Crippen LogP contribution in [-0.4, -0.2) is 89.1 Å². The second-order valence-electron chi connectivity index (χ2n) is 18.6. The molecule has 0 unspecified atom stereocenters. The van der Waals surface area contributed by atoms with Crippen LogP contribution in [0.3, 0.4) is 0 Å². The minimum atomic E-state index is -1.20. The van der Waals surface area contributed by atoms with Gasteiger partial charge in [0.15, 0.2) is 11.6 Å². The van der Waals surface area contributed by atoms with Crippen LogP contribution in [0.25, 0.3) is 10.4 Å². The molecule has 6 heterocycles. The Labute approximate surface area is 325 Å². The SMILES string of the molecule is C=C1CCCC(=O)[C@@]2(C[C@H](C)[C@@H](C)CN=[N+]=[N-])CCC(C(=O)OC)=C[C@@H]2[C@@H]2O[C@]3(C[C@H]4CCC[C@@]5(CC[C@@]6(O[C@@H](CC[C@@]6(C)O)C1)O5)O4)C[C@@H](C)[C@@H](O)[C@H]2O3. The van der Waals surface area contributed by atoms with E-state index >= 15 is 4.79 Å². The molecule has 2 N–H and O–H groups in total. The molecule has 6 saturated heterocycles. The fourth-order valence-corrected chi connectivity index (χ4v) is 11.3. The van der Waals surface area contributed by atoms with E-state index in [4.69, 9.17) is 34.0 Å². The molecule has 3 spiro atoms. The predicted octanol–water partition coefficient (Wildman–Crippen LogP) is 7.13. The van der Waals surface area contributed by atoms with Crippen LogP contribution in [-0.2, 0) is 38.0 Å². The number of fused-ring (bicyclic) bond motifs is 7. The number of azide groups is 1. The van der Waals surface area contributed by atoms with E-state index in [-0.39, 0.29) is 35.7 Å². The number of ketones is 1. The van der Waals surface area contributed by atoms with Gasteiger partial charge in [-0.2, -0.15) is 0 Å². The summed E-state index contributed by atoms with van der Waals surface area (Å²) >= 11 is 0. The van der Waals surface area contributed by atoms with Crippen molar-refractivity contribution < 1.29 is 48.2 Å². The average Bonchev–Trinajstić information content (AvgIpc) is 3.66. The summed E-state index contributed by atoms with van der Waals surface area (Å²) in [5.41, 5.74) is 8.42. The summed E-state index contributed by atoms with van der Waals surface area (Å²) in [4.78, 5) is 31.3. The fraction of sp³-hybridized carbons (Fsp3) is 0.857. The highest BCUT2D eigenvalue weighted by Gasteiger charge is 2.66. The number of ether oxygens (including phenoxy) is 6. The molecule has 7 rings (SSSR count). The first-order valence-corrected chi connectivity index (χ1v) is 20.9. The molecule has 55 heavy (non-hydrogen) atoms. The molecule has 0 aromatic heterocycles. The molecule has 13 nitrogen and oxygen atoms in total. The first-order valence-electron chi connectivity index (χ1n) is 20.9. The lowest BCUT2D eigenvalue weighted by molar-refractivity contribution is -0.403. The fourth-order valence-electron chi connectivity index (χ4n) is 11.3. The number of rotatable bonds is 6. The van der Waals surface area contributed by atoms with Gasteiger partial charge in [-0.3, -0.25) is 4.79 Å². The van der Waals surface area contributed by atoms with Crippen LogP contribution >= 0.6 is 0 Å². The van der Waals surface area contributed by atoms with Crippen molar-refractivity contribution in [1.29, 1.82) is 0 Å². The molecule has 13 heteroatoms. The van der Waals surface area contributed by atoms with Crippen molar-refractivity contribution in [3.05, 3.63) is 34.2 Å². The Morgan fingerprint density at radius 2 is 1.78 bits per heavy atom. The lowest BCUT2D eigenvalue weighted by Crippen LogP contribution is -2.60. The van der Waals surface area contributed by atoms with E-state index in [2.05, 4.69) is 23.5 Å². The lowest BCUT2D eigenvalue weighted by Gasteiger charge is -2.50. The Balaban J connectivity index is 1.30. The summed E-state index contributed by atoms with van der Waals surface area (Å²) in [5.74, 6) is -4.37. The summed E-state index contributed by atoms with van der Waals surface area (Å²) < 4.78 is 39.8. The maximum Gasteiger partial charge on any atom is 0.333 e. The maximum absolute atomic E-state index is 15.1. The highest BCUT2D eigenvalue weighted by atomic mass is 16.8. The van der Waals surface area contributed by atoms with Gasteiger partial charge in [0.1, 0.15) is 17.5 Å². The van der Waals surface area contributed by atoms with Gasteiger partial charge in [-0.05, 0) is 94.4 Å². The van der Waals surface area contributed by atoms with Gasteiger partial charge in [-0.25, -0.2) is 4.79 Å². The predicted molar refractivity (Wildman–Crippen MR) is 201 cm³/mol. The highest BCUT2D eigenvalue weighted by Crippen LogP contribution is 2.58. The van der Waals surface area contributed by atoms with Crippen molar-refractivity contribution in [3.8, 4) is 0 Å². The number of aliphatic hydroxyl groups is 2. The molecule has 14 atom stereocenters. The molecule has 6 aliphatic heterocycles. The minimum Gasteiger partial charge on any atom is -0.466 e. The van der Waals surface area contributed by atoms with Gasteiger partial charge < -0.3 is 38.6 Å². The molecule has 306 valence electrons. The van der Waals surface area contributed by atoms with Gasteiger partial charge in [-0.15, -0.1) is 0 Å². The topological polar surface area (TPSA) is 179 Å². The number of Topliss-reactive ketones (excluding diaryl/α,β-unsaturated/α-hetero) is 1. The van der Waals surface area contributed by atoms with E-state index in [1.165, 1.54) is 7.11 Å². The zero-order chi connectivity index (χ0) is 39.4. The van der Waals surface area contributed by atoms with Crippen molar-refractivity contribution in [1.82, 2.24) is 0 Å². The van der Waals surface area contributed by atoms with Gasteiger partial charge in [0.2, 0.25) is 5.79 Å². The smallest absolute Gasteiger partial charge is 0.333 e. The van der Waals surface area contributed by atoms with Crippen molar-refractivity contribution in [2.45, 2.75) is 184 Å². The molecule has 0 radical (unpaired) electrons. The van der Waals surface area contributed by atoms with Crippen LogP contribution in [0.2, 0.25) is 0 Å². The van der Waals surface area contributed by atoms with Crippen LogP contribution in [0, 0.1) is 29.1 Å². The molecule has 6 fully saturated rings. The quantitative estimate of drug-likeness (QED) is 0.0929. The summed E-state index contributed by atoms with van der Waals surface area (Å²) in [6, 6.07) is 0. The Morgan fingerprint density at radius 1 is 1.00 bits per heavy atom. The molecule has 0 aromatic rings. The molecule has 7 aliphatic rings. The monoisotopic (exact) mass is 769 g/mol. The summed E-state index contributed by atoms with van der Waals surface area (Å²) in [6.45, 7) is 12.6. The van der Waals surface area contributed by atoms with Gasteiger partial charge in [0.25, 0.3) is 0 Å². The first kappa shape index (κ1) is 40.8. The van der Waals surface area contributed by atoms with Crippen LogP contribution < -0.4 is 0 Å². The standard InChI is InChI=1S/C42H63N3O10/c1-25-9-7-11-33(46)39(21-26(2)28(4)24-44-45-43)16-12-29(37(48)50-6)20-32(39)35-36-34(47)27(3)22-41(53-35,54-36)23-31-10-8-14-40(51-31)17-18-42(55-40)38(5,49)15-13-30(19-25)52-42/h20,26-28,30-32,34-36,47,49H,1,7-19,21-24H2,2-6H3/t26-,27+,28-,30-,31+,32+,34+,35-,36+,38+,39+,40+,41+,42+/m0/s1. The molecule has 1 aliphatic carbocycles. The van der Waals surface area contributed by atoms with Crippen LogP contribution in [0.4, 0.5) is 0 Å². The van der Waals surface area contributed by atoms with Gasteiger partial charge in [-0.1, -0.05) is 44.1 Å². The molecule has 0 amide bonds. The number of carbonyl (C=O) groups excluding carboxylic acids is 2. The third-order valence-electron chi connectivity index (χ3n) is 14.7. The van der Waals surface area contributed by atoms with E-state index in [1.807, 2.05) is 19.9 Å². The number of nitrogens with zero attached hydrogens (tertiary/aromatic N) is 3. The van der Waals surface area contributed by atoms with Gasteiger partial charge in [0.05, 0.1) is 31.5 Å². The Morgan fingerprint density at radius 3 is 2.55 bits per heavy atom. The van der Waals surface area contributed by atoms with Gasteiger partial charge in [0, 0.05) is 66.9 Å². The molecule has 0 aromatic carbocycles. The largest absolute Gasteiger partial charge is 0.466 e. The van der Waals surface area contributed by atoms with Crippen molar-refractivity contribution >= 4 is 11.8 Å². The summed E-state index contributed by atoms with van der Waals surface area (Å²) in [7, 11) is 1.36. The molecule has 7 bridgehead atoms. The Kier molecular flexibility index (Phi) is 11.5. The number of methoxy groups -OCH3 is 1. The molecular formula is C42H63N3O10. The summed E-state index contributed by atoms with van der Waals surface area (Å²) in [6.07, 6.45) is 7.86. The van der Waals surface area contributed by atoms with E-state index in [0.29, 0.717) is 102 Å². The molecular weight excluding hydrogens is 706 g/mol. The van der Waals surface area contributed by atoms with Crippen molar-refractivity contribution in [2.75, 3.05) is 13.7 Å². The number of esters is 1. The maximum atomic E-state index is 15.1. The molecule has 0 saturated carbocycles.